The topological polar surface area (TPSA) is 205 Å². The molecule has 6 N–H and O–H groups in total. The normalized spacial score (nSPS) is 19.1. The molecule has 38 heavy (non-hydrogen) atoms. The van der Waals surface area contributed by atoms with Gasteiger partial charge in [-0.1, -0.05) is 10.1 Å². The van der Waals surface area contributed by atoms with Crippen molar-refractivity contribution in [1.82, 2.24) is 20.2 Å². The van der Waals surface area contributed by atoms with Crippen LogP contribution >= 0.6 is 34.9 Å². The van der Waals surface area contributed by atoms with E-state index in [4.69, 9.17) is 16.3 Å². The summed E-state index contributed by atoms with van der Waals surface area (Å²) in [5.41, 5.74) is 11.9. The van der Waals surface area contributed by atoms with E-state index in [0.717, 1.165) is 22.1 Å². The summed E-state index contributed by atoms with van der Waals surface area (Å²) >= 11 is 3.75. The van der Waals surface area contributed by atoms with Gasteiger partial charge in [0.25, 0.3) is 11.8 Å². The first-order chi connectivity index (χ1) is 18.2. The number of thioether (sulfide) groups is 2. The fourth-order valence-corrected chi connectivity index (χ4v) is 6.83. The molecule has 0 aromatic carbocycles. The molecule has 1 unspecified atom stereocenters. The molecule has 0 bridgehead atoms. The second-order valence-corrected chi connectivity index (χ2v) is 10.9. The van der Waals surface area contributed by atoms with Crippen molar-refractivity contribution in [3.05, 3.63) is 28.4 Å². The summed E-state index contributed by atoms with van der Waals surface area (Å²) in [6, 6.07) is 0.711. The van der Waals surface area contributed by atoms with Crippen LogP contribution in [-0.2, 0) is 26.3 Å². The minimum absolute atomic E-state index is 0.136. The number of oxime groups is 1. The van der Waals surface area contributed by atoms with E-state index < -0.39 is 29.2 Å². The smallest absolute Gasteiger partial charge is 0.301 e. The molecule has 1 fully saturated rings. The first-order valence-electron chi connectivity index (χ1n) is 11.2. The van der Waals surface area contributed by atoms with Crippen LogP contribution in [0, 0.1) is 0 Å². The van der Waals surface area contributed by atoms with Gasteiger partial charge in [0.05, 0.1) is 24.8 Å². The lowest BCUT2D eigenvalue weighted by molar-refractivity contribution is -0.699. The van der Waals surface area contributed by atoms with Crippen molar-refractivity contribution in [2.45, 2.75) is 23.5 Å². The van der Waals surface area contributed by atoms with Gasteiger partial charge in [0.1, 0.15) is 23.7 Å². The summed E-state index contributed by atoms with van der Waals surface area (Å²) in [6.07, 6.45) is 0. The van der Waals surface area contributed by atoms with Crippen LogP contribution in [-0.4, -0.2) is 74.9 Å². The summed E-state index contributed by atoms with van der Waals surface area (Å²) in [7, 11) is 3.55. The van der Waals surface area contributed by atoms with Gasteiger partial charge in [-0.3, -0.25) is 14.5 Å². The fourth-order valence-electron chi connectivity index (χ4n) is 3.80. The van der Waals surface area contributed by atoms with Gasteiger partial charge in [0.15, 0.2) is 10.8 Å². The predicted octanol–water partition coefficient (Wildman–Crippen LogP) is -1.49. The third-order valence-corrected chi connectivity index (χ3v) is 8.71. The van der Waals surface area contributed by atoms with E-state index in [2.05, 4.69) is 25.8 Å². The van der Waals surface area contributed by atoms with Crippen molar-refractivity contribution in [2.24, 2.45) is 12.2 Å². The number of anilines is 3. The number of fused-ring (bicyclic) bond motifs is 1. The number of aliphatic carboxylic acids is 1. The average molecular weight is 580 g/mol. The molecule has 0 radical (unpaired) electrons. The maximum atomic E-state index is 13.0. The van der Waals surface area contributed by atoms with Crippen LogP contribution in [0.25, 0.3) is 0 Å². The molecule has 2 aromatic heterocycles. The lowest BCUT2D eigenvalue weighted by Gasteiger charge is -2.50. The second kappa shape index (κ2) is 11.4. The molecule has 2 amide bonds. The molecule has 4 rings (SSSR count). The minimum atomic E-state index is -1.47. The molecular weight excluding hydrogens is 554 g/mol. The zero-order chi connectivity index (χ0) is 27.6. The summed E-state index contributed by atoms with van der Waals surface area (Å²) in [4.78, 5) is 52.7. The van der Waals surface area contributed by atoms with Crippen molar-refractivity contribution in [1.29, 1.82) is 0 Å². The largest absolute Gasteiger partial charge is 0.543 e. The maximum Gasteiger partial charge on any atom is 0.301 e. The number of nitrogens with two attached hydrogens (primary N) is 2. The van der Waals surface area contributed by atoms with E-state index >= 15 is 0 Å². The Hall–Kier alpha value is -3.57. The molecule has 17 heteroatoms. The van der Waals surface area contributed by atoms with Crippen molar-refractivity contribution >= 4 is 75.1 Å². The molecule has 2 aliphatic rings. The number of aromatic nitrogens is 3. The molecule has 4 heterocycles. The monoisotopic (exact) mass is 579 g/mol. The first-order valence-corrected chi connectivity index (χ1v) is 14.1. The highest BCUT2D eigenvalue weighted by Gasteiger charge is 2.53. The fraction of sp³-hybridized carbons (Fsp3) is 0.381. The number of carbonyl (C=O) groups is 3. The standard InChI is InChI=1S/C21H25N9O5S3/c1-4-35-28-13(10-8-37-20(23)25-10)16(31)27-14-17(32)30-15(19(33)34)9(6-36-18(14)30)7-38-21-26-11(22)5-12(24-2)29(21)3/h5,8,14,18H,4,6-7H2,1-3H3,(H6,22,23,24,25,27,31,33,34)/b28-13-/t14?,18-/m1/s1. The predicted molar refractivity (Wildman–Crippen MR) is 142 cm³/mol. The Kier molecular flexibility index (Phi) is 8.27. The lowest BCUT2D eigenvalue weighted by atomic mass is 10.0. The minimum Gasteiger partial charge on any atom is -0.543 e. The zero-order valence-electron chi connectivity index (χ0n) is 20.6. The van der Waals surface area contributed by atoms with Crippen LogP contribution in [0.5, 0.6) is 0 Å². The van der Waals surface area contributed by atoms with Gasteiger partial charge < -0.3 is 36.8 Å². The maximum absolute atomic E-state index is 13.0. The third-order valence-electron chi connectivity index (χ3n) is 5.58. The van der Waals surface area contributed by atoms with Gasteiger partial charge in [-0.05, 0) is 24.3 Å². The van der Waals surface area contributed by atoms with Crippen LogP contribution in [0.4, 0.5) is 16.8 Å². The van der Waals surface area contributed by atoms with E-state index in [1.165, 1.54) is 23.5 Å². The van der Waals surface area contributed by atoms with Crippen LogP contribution in [0.1, 0.15) is 12.6 Å². The molecule has 14 nitrogen and oxygen atoms in total. The molecular formula is C21H25N9O5S3. The number of carbonyl (C=O) groups excluding carboxylic acids is 3. The molecule has 2 aliphatic heterocycles. The molecule has 202 valence electrons. The summed E-state index contributed by atoms with van der Waals surface area (Å²) in [5.74, 6) is -1.14. The second-order valence-electron chi connectivity index (χ2n) is 7.98. The quantitative estimate of drug-likeness (QED) is 0.0634. The van der Waals surface area contributed by atoms with Crippen molar-refractivity contribution in [3.8, 4) is 0 Å². The molecule has 2 aromatic rings. The Morgan fingerprint density at radius 3 is 2.79 bits per heavy atom. The highest BCUT2D eigenvalue weighted by atomic mass is 32.2. The Labute approximate surface area is 229 Å². The van der Waals surface area contributed by atoms with Gasteiger partial charge in [-0.25, -0.2) is 9.55 Å². The van der Waals surface area contributed by atoms with E-state index in [-0.39, 0.29) is 34.6 Å². The summed E-state index contributed by atoms with van der Waals surface area (Å²) in [6.45, 7) is 1.91. The van der Waals surface area contributed by atoms with Crippen molar-refractivity contribution in [2.75, 3.05) is 41.9 Å². The number of nitrogens with zero attached hydrogens (tertiary/aromatic N) is 5. The van der Waals surface area contributed by atoms with Gasteiger partial charge in [0, 0.05) is 23.9 Å². The Morgan fingerprint density at radius 1 is 1.39 bits per heavy atom. The lowest BCUT2D eigenvalue weighted by Crippen LogP contribution is -2.71. The zero-order valence-corrected chi connectivity index (χ0v) is 23.0. The van der Waals surface area contributed by atoms with Gasteiger partial charge >= 0.3 is 5.16 Å². The molecule has 0 saturated carbocycles. The summed E-state index contributed by atoms with van der Waals surface area (Å²) < 4.78 is 1.79. The number of thiazole rings is 1. The number of hydrogen-bond donors (Lipinski definition) is 4. The van der Waals surface area contributed by atoms with Gasteiger partial charge in [0.2, 0.25) is 11.6 Å². The van der Waals surface area contributed by atoms with Gasteiger partial charge in [-0.2, -0.15) is 0 Å². The molecule has 0 aliphatic carbocycles. The van der Waals surface area contributed by atoms with E-state index in [0.29, 0.717) is 22.3 Å². The average Bonchev–Trinajstić information content (AvgIpc) is 3.32. The highest BCUT2D eigenvalue weighted by molar-refractivity contribution is 8.01. The number of hydrogen-bond acceptors (Lipinski definition) is 14. The van der Waals surface area contributed by atoms with Crippen molar-refractivity contribution in [3.63, 3.8) is 0 Å². The van der Waals surface area contributed by atoms with Gasteiger partial charge in [-0.15, -0.1) is 23.1 Å². The SMILES string of the molecule is CCO/N=C(\C(=O)NC1C(=O)N2C(C(=O)[O-])=C(CSc3nc(N)cc(NC)[n+]3C)CS[C@H]12)c1csc(N)n1. The Bertz CT molecular complexity index is 1350. The first kappa shape index (κ1) is 27.5. The number of amides is 2. The number of nitrogens with one attached hydrogen (secondary N) is 2. The van der Waals surface area contributed by atoms with E-state index in [9.17, 15) is 19.5 Å². The number of carboxylic acid groups (broad SMARTS) is 1. The van der Waals surface area contributed by atoms with Crippen LogP contribution in [0.2, 0.25) is 0 Å². The molecule has 0 spiro atoms. The van der Waals surface area contributed by atoms with Crippen LogP contribution < -0.4 is 31.8 Å². The van der Waals surface area contributed by atoms with Crippen molar-refractivity contribution < 1.29 is 28.9 Å². The number of nitrogen functional groups attached to an aromatic ring is 2. The van der Waals surface area contributed by atoms with E-state index in [1.807, 2.05) is 0 Å². The van der Waals surface area contributed by atoms with Crippen LogP contribution in [0.3, 0.4) is 0 Å². The molecule has 2 atom stereocenters. The third kappa shape index (κ3) is 5.34. The number of rotatable bonds is 10. The summed E-state index contributed by atoms with van der Waals surface area (Å²) in [5, 5.41) is 23.3. The number of carboxylic acids is 1. The van der Waals surface area contributed by atoms with Crippen LogP contribution in [0.15, 0.2) is 33.0 Å². The Balaban J connectivity index is 1.51. The molecule has 1 saturated heterocycles. The highest BCUT2D eigenvalue weighted by Crippen LogP contribution is 2.41. The van der Waals surface area contributed by atoms with E-state index in [1.54, 1.807) is 37.0 Å². The Morgan fingerprint density at radius 2 is 2.16 bits per heavy atom. The number of β-lactam (4-membered cyclic amide) rings is 1.